The molecule has 0 spiro atoms. The van der Waals surface area contributed by atoms with Crippen LogP contribution in [0.25, 0.3) is 0 Å². The molecule has 19 heavy (non-hydrogen) atoms. The molecule has 1 aromatic rings. The topological polar surface area (TPSA) is 45.5 Å². The lowest BCUT2D eigenvalue weighted by Crippen LogP contribution is -2.42. The van der Waals surface area contributed by atoms with E-state index in [1.807, 2.05) is 25.9 Å². The number of furan rings is 1. The molecule has 1 heterocycles. The minimum atomic E-state index is 0.0958. The number of carbonyl (C=O) groups excluding carboxylic acids is 1. The molecule has 2 rings (SSSR count). The largest absolute Gasteiger partial charge is 0.469 e. The fraction of sp³-hybridized carbons (Fsp3) is 0.667. The van der Waals surface area contributed by atoms with Gasteiger partial charge in [-0.1, -0.05) is 6.92 Å². The lowest BCUT2D eigenvalue weighted by molar-refractivity contribution is 0.0683. The lowest BCUT2D eigenvalue weighted by Gasteiger charge is -2.34. The standard InChI is InChI=1S/C15H24N2O2/c1-4-14-13(9-10-19-14)15(18)17(3)12-7-5-11(16-2)6-8-12/h9-12,16H,4-8H2,1-3H3. The van der Waals surface area contributed by atoms with E-state index in [0.29, 0.717) is 12.1 Å². The van der Waals surface area contributed by atoms with Gasteiger partial charge in [-0.2, -0.15) is 0 Å². The lowest BCUT2D eigenvalue weighted by atomic mass is 9.90. The number of rotatable bonds is 4. The molecule has 4 heteroatoms. The van der Waals surface area contributed by atoms with Gasteiger partial charge in [-0.05, 0) is 38.8 Å². The van der Waals surface area contributed by atoms with Crippen LogP contribution in [-0.4, -0.2) is 37.0 Å². The highest BCUT2D eigenvalue weighted by molar-refractivity contribution is 5.95. The van der Waals surface area contributed by atoms with E-state index in [-0.39, 0.29) is 5.91 Å². The highest BCUT2D eigenvalue weighted by Gasteiger charge is 2.27. The van der Waals surface area contributed by atoms with E-state index < -0.39 is 0 Å². The third-order valence-electron chi connectivity index (χ3n) is 4.27. The quantitative estimate of drug-likeness (QED) is 0.908. The van der Waals surface area contributed by atoms with Crippen molar-refractivity contribution in [1.82, 2.24) is 10.2 Å². The Labute approximate surface area is 115 Å². The molecular weight excluding hydrogens is 240 g/mol. The van der Waals surface area contributed by atoms with Crippen LogP contribution in [0.1, 0.15) is 48.7 Å². The van der Waals surface area contributed by atoms with Gasteiger partial charge in [0, 0.05) is 25.6 Å². The molecule has 106 valence electrons. The van der Waals surface area contributed by atoms with Crippen LogP contribution >= 0.6 is 0 Å². The summed E-state index contributed by atoms with van der Waals surface area (Å²) < 4.78 is 5.35. The summed E-state index contributed by atoms with van der Waals surface area (Å²) >= 11 is 0. The van der Waals surface area contributed by atoms with Crippen molar-refractivity contribution in [1.29, 1.82) is 0 Å². The average molecular weight is 264 g/mol. The van der Waals surface area contributed by atoms with E-state index in [2.05, 4.69) is 5.32 Å². The number of hydrogen-bond donors (Lipinski definition) is 1. The van der Waals surface area contributed by atoms with Crippen molar-refractivity contribution in [2.75, 3.05) is 14.1 Å². The summed E-state index contributed by atoms with van der Waals surface area (Å²) in [5.74, 6) is 0.888. The smallest absolute Gasteiger partial charge is 0.257 e. The molecule has 0 saturated heterocycles. The Balaban J connectivity index is 2.00. The van der Waals surface area contributed by atoms with Gasteiger partial charge in [0.15, 0.2) is 0 Å². The van der Waals surface area contributed by atoms with Gasteiger partial charge in [-0.25, -0.2) is 0 Å². The van der Waals surface area contributed by atoms with Crippen LogP contribution in [0.5, 0.6) is 0 Å². The predicted molar refractivity (Wildman–Crippen MR) is 75.3 cm³/mol. The van der Waals surface area contributed by atoms with Crippen molar-refractivity contribution in [3.05, 3.63) is 23.7 Å². The Hall–Kier alpha value is -1.29. The van der Waals surface area contributed by atoms with Crippen LogP contribution in [0.2, 0.25) is 0 Å². The first-order valence-electron chi connectivity index (χ1n) is 7.18. The molecule has 1 N–H and O–H groups in total. The molecule has 0 aliphatic heterocycles. The maximum Gasteiger partial charge on any atom is 0.257 e. The first kappa shape index (κ1) is 14.1. The molecule has 0 bridgehead atoms. The molecule has 1 saturated carbocycles. The molecule has 1 amide bonds. The minimum absolute atomic E-state index is 0.0958. The van der Waals surface area contributed by atoms with Gasteiger partial charge < -0.3 is 14.6 Å². The van der Waals surface area contributed by atoms with Crippen LogP contribution in [0.3, 0.4) is 0 Å². The van der Waals surface area contributed by atoms with Gasteiger partial charge in [-0.3, -0.25) is 4.79 Å². The minimum Gasteiger partial charge on any atom is -0.469 e. The number of nitrogens with one attached hydrogen (secondary N) is 1. The van der Waals surface area contributed by atoms with Gasteiger partial charge >= 0.3 is 0 Å². The Morgan fingerprint density at radius 1 is 1.42 bits per heavy atom. The van der Waals surface area contributed by atoms with Crippen LogP contribution in [-0.2, 0) is 6.42 Å². The van der Waals surface area contributed by atoms with Gasteiger partial charge in [0.25, 0.3) is 5.91 Å². The van der Waals surface area contributed by atoms with E-state index in [0.717, 1.165) is 43.4 Å². The van der Waals surface area contributed by atoms with E-state index in [9.17, 15) is 4.79 Å². The first-order chi connectivity index (χ1) is 9.17. The molecule has 0 radical (unpaired) electrons. The van der Waals surface area contributed by atoms with Gasteiger partial charge in [0.1, 0.15) is 5.76 Å². The molecule has 1 fully saturated rings. The second kappa shape index (κ2) is 6.24. The Morgan fingerprint density at radius 3 is 2.68 bits per heavy atom. The second-order valence-electron chi connectivity index (χ2n) is 5.32. The number of nitrogens with zero attached hydrogens (tertiary/aromatic N) is 1. The average Bonchev–Trinajstić information content (AvgIpc) is 2.94. The summed E-state index contributed by atoms with van der Waals surface area (Å²) in [6.45, 7) is 2.01. The monoisotopic (exact) mass is 264 g/mol. The molecule has 0 unspecified atom stereocenters. The van der Waals surface area contributed by atoms with E-state index in [4.69, 9.17) is 4.42 Å². The number of aryl methyl sites for hydroxylation is 1. The van der Waals surface area contributed by atoms with E-state index >= 15 is 0 Å². The number of hydrogen-bond acceptors (Lipinski definition) is 3. The van der Waals surface area contributed by atoms with Crippen LogP contribution in [0.4, 0.5) is 0 Å². The van der Waals surface area contributed by atoms with Crippen molar-refractivity contribution < 1.29 is 9.21 Å². The molecule has 1 aliphatic carbocycles. The fourth-order valence-corrected chi connectivity index (χ4v) is 2.91. The highest BCUT2D eigenvalue weighted by Crippen LogP contribution is 2.24. The van der Waals surface area contributed by atoms with Crippen LogP contribution in [0.15, 0.2) is 16.7 Å². The van der Waals surface area contributed by atoms with Gasteiger partial charge in [-0.15, -0.1) is 0 Å². The maximum absolute atomic E-state index is 12.5. The van der Waals surface area contributed by atoms with E-state index in [1.165, 1.54) is 0 Å². The van der Waals surface area contributed by atoms with E-state index in [1.54, 1.807) is 12.3 Å². The summed E-state index contributed by atoms with van der Waals surface area (Å²) in [5, 5.41) is 3.32. The Morgan fingerprint density at radius 2 is 2.11 bits per heavy atom. The summed E-state index contributed by atoms with van der Waals surface area (Å²) in [4.78, 5) is 14.4. The number of amides is 1. The van der Waals surface area contributed by atoms with Crippen molar-refractivity contribution in [2.45, 2.75) is 51.1 Å². The molecule has 4 nitrogen and oxygen atoms in total. The van der Waals surface area contributed by atoms with Gasteiger partial charge in [0.2, 0.25) is 0 Å². The van der Waals surface area contributed by atoms with Crippen molar-refractivity contribution in [2.24, 2.45) is 0 Å². The van der Waals surface area contributed by atoms with Crippen molar-refractivity contribution in [3.8, 4) is 0 Å². The summed E-state index contributed by atoms with van der Waals surface area (Å²) in [5.41, 5.74) is 0.723. The maximum atomic E-state index is 12.5. The van der Waals surface area contributed by atoms with Crippen LogP contribution < -0.4 is 5.32 Å². The SMILES string of the molecule is CCc1occc1C(=O)N(C)C1CCC(NC)CC1. The summed E-state index contributed by atoms with van der Waals surface area (Å²) in [7, 11) is 3.93. The third-order valence-corrected chi connectivity index (χ3v) is 4.27. The van der Waals surface area contributed by atoms with Crippen molar-refractivity contribution >= 4 is 5.91 Å². The Bertz CT molecular complexity index is 420. The zero-order valence-corrected chi connectivity index (χ0v) is 12.1. The molecular formula is C15H24N2O2. The zero-order chi connectivity index (χ0) is 13.8. The van der Waals surface area contributed by atoms with Crippen LogP contribution in [0, 0.1) is 0 Å². The predicted octanol–water partition coefficient (Wildman–Crippen LogP) is 2.44. The fourth-order valence-electron chi connectivity index (χ4n) is 2.91. The third kappa shape index (κ3) is 3.00. The first-order valence-corrected chi connectivity index (χ1v) is 7.18. The number of carbonyl (C=O) groups is 1. The van der Waals surface area contributed by atoms with Gasteiger partial charge in [0.05, 0.1) is 11.8 Å². The zero-order valence-electron chi connectivity index (χ0n) is 12.1. The summed E-state index contributed by atoms with van der Waals surface area (Å²) in [6.07, 6.45) is 6.81. The Kier molecular flexibility index (Phi) is 4.64. The summed E-state index contributed by atoms with van der Waals surface area (Å²) in [6, 6.07) is 2.76. The molecule has 1 aliphatic rings. The highest BCUT2D eigenvalue weighted by atomic mass is 16.3. The molecule has 0 aromatic carbocycles. The van der Waals surface area contributed by atoms with Crippen molar-refractivity contribution in [3.63, 3.8) is 0 Å². The second-order valence-corrected chi connectivity index (χ2v) is 5.32. The normalized spacial score (nSPS) is 23.3. The molecule has 0 atom stereocenters. The molecule has 1 aromatic heterocycles.